The van der Waals surface area contributed by atoms with Crippen LogP contribution in [0.5, 0.6) is 5.75 Å². The maximum absolute atomic E-state index is 14.5. The minimum atomic E-state index is -0.548. The number of nitrogens with zero attached hydrogens (tertiary/aromatic N) is 4. The number of ether oxygens (including phenoxy) is 1. The van der Waals surface area contributed by atoms with Gasteiger partial charge in [-0.05, 0) is 44.0 Å². The van der Waals surface area contributed by atoms with Gasteiger partial charge in [0.05, 0.1) is 41.6 Å². The Balaban J connectivity index is 1.63. The lowest BCUT2D eigenvalue weighted by molar-refractivity contribution is 0.102. The molecule has 2 aromatic heterocycles. The molecule has 10 heteroatoms. The molecule has 0 bridgehead atoms. The van der Waals surface area contributed by atoms with Crippen molar-refractivity contribution >= 4 is 23.0 Å². The van der Waals surface area contributed by atoms with E-state index in [1.165, 1.54) is 24.4 Å². The fourth-order valence-corrected chi connectivity index (χ4v) is 3.80. The quantitative estimate of drug-likeness (QED) is 0.521. The zero-order valence-electron chi connectivity index (χ0n) is 18.3. The number of piperidine rings is 1. The largest absolute Gasteiger partial charge is 0.494 e. The summed E-state index contributed by atoms with van der Waals surface area (Å²) in [6.07, 6.45) is 6.45. The van der Waals surface area contributed by atoms with Crippen LogP contribution < -0.4 is 26.4 Å². The number of benzene rings is 1. The number of carbonyl (C=O) groups excluding carboxylic acids is 1. The number of anilines is 3. The van der Waals surface area contributed by atoms with Crippen molar-refractivity contribution in [3.63, 3.8) is 0 Å². The first-order chi connectivity index (χ1) is 16.0. The summed E-state index contributed by atoms with van der Waals surface area (Å²) in [7, 11) is 0. The average molecular weight is 452 g/mol. The molecule has 9 nitrogen and oxygen atoms in total. The summed E-state index contributed by atoms with van der Waals surface area (Å²) in [6, 6.07) is 6.18. The molecule has 0 radical (unpaired) electrons. The number of hydrogen-bond acceptors (Lipinski definition) is 8. The lowest BCUT2D eigenvalue weighted by Crippen LogP contribution is -2.43. The fourth-order valence-electron chi connectivity index (χ4n) is 3.80. The van der Waals surface area contributed by atoms with Gasteiger partial charge in [-0.1, -0.05) is 0 Å². The molecule has 0 unspecified atom stereocenters. The van der Waals surface area contributed by atoms with Gasteiger partial charge >= 0.3 is 0 Å². The Kier molecular flexibility index (Phi) is 6.64. The zero-order chi connectivity index (χ0) is 23.4. The van der Waals surface area contributed by atoms with Crippen LogP contribution in [0.25, 0.3) is 11.4 Å². The average Bonchev–Trinajstić information content (AvgIpc) is 2.81. The van der Waals surface area contributed by atoms with Crippen LogP contribution in [-0.2, 0) is 0 Å². The highest BCUT2D eigenvalue weighted by Crippen LogP contribution is 2.29. The molecule has 172 valence electrons. The number of nitrogens with one attached hydrogen (secondary N) is 1. The maximum Gasteiger partial charge on any atom is 0.276 e. The molecule has 0 spiro atoms. The van der Waals surface area contributed by atoms with E-state index in [0.717, 1.165) is 25.1 Å². The van der Waals surface area contributed by atoms with Crippen molar-refractivity contribution in [2.24, 2.45) is 5.73 Å². The minimum absolute atomic E-state index is 0.0295. The van der Waals surface area contributed by atoms with Crippen LogP contribution in [0.3, 0.4) is 0 Å². The van der Waals surface area contributed by atoms with Gasteiger partial charge in [-0.15, -0.1) is 0 Å². The second-order valence-corrected chi connectivity index (χ2v) is 7.77. The van der Waals surface area contributed by atoms with Crippen LogP contribution in [0.1, 0.15) is 30.3 Å². The lowest BCUT2D eigenvalue weighted by atomic mass is 10.1. The van der Waals surface area contributed by atoms with Gasteiger partial charge in [0.2, 0.25) is 0 Å². The van der Waals surface area contributed by atoms with Crippen molar-refractivity contribution < 1.29 is 13.9 Å². The summed E-state index contributed by atoms with van der Waals surface area (Å²) in [4.78, 5) is 27.7. The highest BCUT2D eigenvalue weighted by molar-refractivity contribution is 6.07. The van der Waals surface area contributed by atoms with Crippen LogP contribution in [0.4, 0.5) is 21.5 Å². The Morgan fingerprint density at radius 1 is 1.33 bits per heavy atom. The summed E-state index contributed by atoms with van der Waals surface area (Å²) in [5.74, 6) is -0.583. The number of rotatable bonds is 6. The molecule has 3 aromatic rings. The molecular weight excluding hydrogens is 425 g/mol. The van der Waals surface area contributed by atoms with Crippen LogP contribution in [0, 0.1) is 5.82 Å². The van der Waals surface area contributed by atoms with E-state index in [1.54, 1.807) is 12.4 Å². The first-order valence-corrected chi connectivity index (χ1v) is 10.8. The van der Waals surface area contributed by atoms with Crippen molar-refractivity contribution in [1.29, 1.82) is 0 Å². The van der Waals surface area contributed by atoms with Crippen molar-refractivity contribution in [2.75, 3.05) is 35.6 Å². The van der Waals surface area contributed by atoms with Crippen LogP contribution in [0.15, 0.2) is 42.9 Å². The second kappa shape index (κ2) is 9.78. The Morgan fingerprint density at radius 2 is 2.18 bits per heavy atom. The SMILES string of the molecule is CCOc1ccc(F)c(-c2ncc(N)c(C(=O)Nc3cnccc3N3CCC[C@H](N)C3)n2)c1. The predicted octanol–water partition coefficient (Wildman–Crippen LogP) is 2.84. The highest BCUT2D eigenvalue weighted by Gasteiger charge is 2.22. The lowest BCUT2D eigenvalue weighted by Gasteiger charge is -2.33. The number of carbonyl (C=O) groups is 1. The van der Waals surface area contributed by atoms with Crippen LogP contribution in [-0.4, -0.2) is 46.6 Å². The number of pyridine rings is 1. The topological polar surface area (TPSA) is 132 Å². The third-order valence-corrected chi connectivity index (χ3v) is 5.37. The summed E-state index contributed by atoms with van der Waals surface area (Å²) in [5, 5.41) is 2.83. The molecule has 0 aliphatic carbocycles. The van der Waals surface area contributed by atoms with Gasteiger partial charge in [0.1, 0.15) is 11.6 Å². The monoisotopic (exact) mass is 451 g/mol. The molecule has 1 amide bonds. The maximum atomic E-state index is 14.5. The third-order valence-electron chi connectivity index (χ3n) is 5.37. The summed E-state index contributed by atoms with van der Waals surface area (Å²) >= 11 is 0. The van der Waals surface area contributed by atoms with Gasteiger partial charge in [-0.3, -0.25) is 9.78 Å². The van der Waals surface area contributed by atoms with Crippen molar-refractivity contribution in [1.82, 2.24) is 15.0 Å². The first-order valence-electron chi connectivity index (χ1n) is 10.8. The molecule has 1 atom stereocenters. The van der Waals surface area contributed by atoms with E-state index in [0.29, 0.717) is 24.6 Å². The predicted molar refractivity (Wildman–Crippen MR) is 125 cm³/mol. The molecule has 1 aliphatic rings. The molecule has 1 fully saturated rings. The normalized spacial score (nSPS) is 15.8. The van der Waals surface area contributed by atoms with Gasteiger partial charge in [0.25, 0.3) is 5.91 Å². The van der Waals surface area contributed by atoms with Gasteiger partial charge in [-0.2, -0.15) is 0 Å². The smallest absolute Gasteiger partial charge is 0.276 e. The van der Waals surface area contributed by atoms with Crippen LogP contribution >= 0.6 is 0 Å². The van der Waals surface area contributed by atoms with Gasteiger partial charge in [0, 0.05) is 25.3 Å². The van der Waals surface area contributed by atoms with E-state index in [-0.39, 0.29) is 28.8 Å². The van der Waals surface area contributed by atoms with E-state index in [4.69, 9.17) is 16.2 Å². The number of amides is 1. The fraction of sp³-hybridized carbons (Fsp3) is 0.304. The van der Waals surface area contributed by atoms with Gasteiger partial charge in [0.15, 0.2) is 11.5 Å². The zero-order valence-corrected chi connectivity index (χ0v) is 18.3. The van der Waals surface area contributed by atoms with Crippen LogP contribution in [0.2, 0.25) is 0 Å². The second-order valence-electron chi connectivity index (χ2n) is 7.77. The molecular formula is C23H26FN7O2. The van der Waals surface area contributed by atoms with Crippen molar-refractivity contribution in [2.45, 2.75) is 25.8 Å². The molecule has 3 heterocycles. The number of nitrogen functional groups attached to an aromatic ring is 1. The Hall–Kier alpha value is -3.79. The molecule has 5 N–H and O–H groups in total. The van der Waals surface area contributed by atoms with E-state index < -0.39 is 11.7 Å². The highest BCUT2D eigenvalue weighted by atomic mass is 19.1. The first kappa shape index (κ1) is 22.4. The number of aromatic nitrogens is 3. The molecule has 1 aliphatic heterocycles. The van der Waals surface area contributed by atoms with E-state index in [9.17, 15) is 9.18 Å². The molecule has 4 rings (SSSR count). The Labute approximate surface area is 191 Å². The number of halogens is 1. The summed E-state index contributed by atoms with van der Waals surface area (Å²) in [5.41, 5.74) is 13.6. The van der Waals surface area contributed by atoms with Gasteiger partial charge < -0.3 is 26.4 Å². The number of nitrogens with two attached hydrogens (primary N) is 2. The standard InChI is InChI=1S/C23H26FN7O2/c1-2-33-15-5-6-17(24)16(10-15)22-28-11-18(26)21(30-22)23(32)29-19-12-27-8-7-20(19)31-9-3-4-14(25)13-31/h5-8,10-12,14H,2-4,9,13,25-26H2,1H3,(H,29,32)/t14-/m0/s1. The van der Waals surface area contributed by atoms with E-state index >= 15 is 0 Å². The molecule has 0 saturated carbocycles. The Bertz CT molecular complexity index is 1160. The third kappa shape index (κ3) is 5.01. The van der Waals surface area contributed by atoms with E-state index in [1.807, 2.05) is 13.0 Å². The Morgan fingerprint density at radius 3 is 2.97 bits per heavy atom. The number of hydrogen-bond donors (Lipinski definition) is 3. The van der Waals surface area contributed by atoms with Crippen molar-refractivity contribution in [3.05, 3.63) is 54.4 Å². The molecule has 33 heavy (non-hydrogen) atoms. The summed E-state index contributed by atoms with van der Waals surface area (Å²) < 4.78 is 19.9. The van der Waals surface area contributed by atoms with Crippen molar-refractivity contribution in [3.8, 4) is 17.1 Å². The molecule has 1 aromatic carbocycles. The van der Waals surface area contributed by atoms with E-state index in [2.05, 4.69) is 25.2 Å². The summed E-state index contributed by atoms with van der Waals surface area (Å²) in [6.45, 7) is 3.77. The minimum Gasteiger partial charge on any atom is -0.494 e. The van der Waals surface area contributed by atoms with Gasteiger partial charge in [-0.25, -0.2) is 14.4 Å². The molecule has 1 saturated heterocycles.